The average molecular weight is 816 g/mol. The third-order valence-corrected chi connectivity index (χ3v) is 35.6. The Morgan fingerprint density at radius 2 is 1.83 bits per heavy atom. The molecule has 0 aliphatic carbocycles. The maximum absolute atomic E-state index is 13.8. The summed E-state index contributed by atoms with van der Waals surface area (Å²) in [6.45, 7) is 18.8. The molecule has 0 spiro atoms. The number of allylic oxidation sites excluding steroid dienone is 5. The van der Waals surface area contributed by atoms with Crippen molar-refractivity contribution in [1.29, 1.82) is 0 Å². The number of nitrogens with zero attached hydrogens (tertiary/aromatic N) is 2. The second-order valence-electron chi connectivity index (χ2n) is 12.1. The van der Waals surface area contributed by atoms with E-state index in [9.17, 15) is 33.1 Å². The van der Waals surface area contributed by atoms with Crippen LogP contribution in [0.15, 0.2) is 57.1 Å². The normalized spacial score (nSPS) is 27.3. The van der Waals surface area contributed by atoms with E-state index >= 15 is 0 Å². The van der Waals surface area contributed by atoms with Gasteiger partial charge in [0.25, 0.3) is 0 Å². The van der Waals surface area contributed by atoms with Gasteiger partial charge in [-0.15, -0.1) is 0 Å². The van der Waals surface area contributed by atoms with Gasteiger partial charge in [-0.25, -0.2) is 0 Å². The number of amides is 1. The van der Waals surface area contributed by atoms with Crippen molar-refractivity contribution in [2.45, 2.75) is 63.5 Å². The van der Waals surface area contributed by atoms with Crippen LogP contribution in [0, 0.1) is 5.41 Å². The number of hydrogen-bond donors (Lipinski definition) is 5. The molecule has 3 heterocycles. The van der Waals surface area contributed by atoms with Gasteiger partial charge in [0.2, 0.25) is 0 Å². The molecule has 0 saturated carbocycles. The molecular formula is C30H47I2N3O7. The number of primary amides is 1. The van der Waals surface area contributed by atoms with Gasteiger partial charge < -0.3 is 0 Å². The van der Waals surface area contributed by atoms with Crippen LogP contribution in [0.5, 0.6) is 0 Å². The average Bonchev–Trinajstić information content (AvgIpc) is 3.52. The molecule has 1 fully saturated rings. The molecular weight excluding hydrogens is 768 g/mol. The Morgan fingerprint density at radius 1 is 1.26 bits per heavy atom. The van der Waals surface area contributed by atoms with Crippen molar-refractivity contribution in [2.24, 2.45) is 11.1 Å². The predicted octanol–water partition coefficient (Wildman–Crippen LogP) is 4.27. The van der Waals surface area contributed by atoms with E-state index < -0.39 is 72.2 Å². The summed E-state index contributed by atoms with van der Waals surface area (Å²) in [6.07, 6.45) is 8.22. The van der Waals surface area contributed by atoms with Crippen LogP contribution in [-0.2, 0) is 14.4 Å². The van der Waals surface area contributed by atoms with Gasteiger partial charge in [0.1, 0.15) is 0 Å². The Labute approximate surface area is 257 Å². The molecule has 0 radical (unpaired) electrons. The Kier molecular flexibility index (Phi) is 10.3. The zero-order chi connectivity index (χ0) is 32.0. The minimum atomic E-state index is -6.64. The maximum atomic E-state index is 13.8. The molecule has 0 bridgehead atoms. The van der Waals surface area contributed by atoms with Gasteiger partial charge >= 0.3 is 259 Å². The summed E-state index contributed by atoms with van der Waals surface area (Å²) in [5.41, 5.74) is 6.31. The second-order valence-corrected chi connectivity index (χ2v) is 30.9. The zero-order valence-corrected chi connectivity index (χ0v) is 29.8. The first-order valence-corrected chi connectivity index (χ1v) is 23.1. The number of likely N-dealkylation sites (tertiary alicyclic amines) is 1. The number of aliphatic hydroxyl groups is 3. The summed E-state index contributed by atoms with van der Waals surface area (Å²) in [5.74, 6) is -2.13. The van der Waals surface area contributed by atoms with Crippen LogP contribution < -0.4 is 5.73 Å². The molecule has 3 aliphatic heterocycles. The van der Waals surface area contributed by atoms with E-state index in [2.05, 4.69) is 31.9 Å². The summed E-state index contributed by atoms with van der Waals surface area (Å²) >= 11 is -10.1. The van der Waals surface area contributed by atoms with Crippen molar-refractivity contribution in [3.05, 3.63) is 57.1 Å². The number of rotatable bonds is 12. The van der Waals surface area contributed by atoms with E-state index in [0.717, 1.165) is 38.0 Å². The molecule has 42 heavy (non-hydrogen) atoms. The standard InChI is InChI=1S/C30H47I2N3O7/c1-18(30(5,6)14-11-17-35-15-9-10-16-35)12-13-22-19(2)25(38)31(20(22)3)29(41)32(42,21(4)36)26(34(7)8)24(37)23(27(32)39)28(33)40/h12-13,20,26,29,36-37,41-42H,1,4,9-11,14-17H2,2-3,5-8H3,(H2,33,40)/b13-12-/t20-,26+,29-/m0/s1. The van der Waals surface area contributed by atoms with E-state index in [1.165, 1.54) is 31.8 Å². The molecule has 1 amide bonds. The van der Waals surface area contributed by atoms with Gasteiger partial charge in [-0.05, 0) is 0 Å². The number of carbonyl (C=O) groups is 3. The van der Waals surface area contributed by atoms with E-state index in [4.69, 9.17) is 5.73 Å². The zero-order valence-electron chi connectivity index (χ0n) is 25.5. The van der Waals surface area contributed by atoms with E-state index in [0.29, 0.717) is 11.1 Å². The molecule has 0 aromatic carbocycles. The number of nitrogens with two attached hydrogens (primary N) is 1. The molecule has 3 atom stereocenters. The first-order chi connectivity index (χ1) is 19.3. The van der Waals surface area contributed by atoms with Crippen molar-refractivity contribution >= 4 is 50.8 Å². The van der Waals surface area contributed by atoms with Gasteiger partial charge in [0, 0.05) is 0 Å². The summed E-state index contributed by atoms with van der Waals surface area (Å²) in [5, 5.41) is 33.8. The molecule has 0 unspecified atom stereocenters. The summed E-state index contributed by atoms with van der Waals surface area (Å²) in [7, 11) is 2.84. The fourth-order valence-electron chi connectivity index (χ4n) is 5.94. The third-order valence-electron chi connectivity index (χ3n) is 8.69. The van der Waals surface area contributed by atoms with Crippen LogP contribution in [0.4, 0.5) is 0 Å². The van der Waals surface area contributed by atoms with Crippen LogP contribution in [-0.4, -0.2) is 85.9 Å². The summed E-state index contributed by atoms with van der Waals surface area (Å²) < 4.78 is 5.68. The third kappa shape index (κ3) is 5.44. The Morgan fingerprint density at radius 3 is 2.33 bits per heavy atom. The molecule has 0 aromatic rings. The van der Waals surface area contributed by atoms with Crippen molar-refractivity contribution in [3.8, 4) is 0 Å². The Hall–Kier alpha value is -1.59. The molecule has 1 saturated heterocycles. The fourth-order valence-corrected chi connectivity index (χ4v) is 36.7. The molecule has 3 rings (SSSR count). The number of aliphatic hydroxyl groups excluding tert-OH is 3. The van der Waals surface area contributed by atoms with E-state index in [1.54, 1.807) is 13.8 Å². The Balaban J connectivity index is 1.92. The van der Waals surface area contributed by atoms with Crippen LogP contribution in [0.1, 0.15) is 53.4 Å². The quantitative estimate of drug-likeness (QED) is 0.0369. The van der Waals surface area contributed by atoms with Crippen molar-refractivity contribution < 1.29 is 33.1 Å². The minimum absolute atomic E-state index is 0.180. The van der Waals surface area contributed by atoms with Gasteiger partial charge in [0.15, 0.2) is 0 Å². The Bertz CT molecular complexity index is 1300. The number of hydrogen-bond acceptors (Lipinski definition) is 9. The molecule has 6 N–H and O–H groups in total. The molecule has 238 valence electrons. The van der Waals surface area contributed by atoms with Crippen molar-refractivity contribution in [2.75, 3.05) is 33.7 Å². The van der Waals surface area contributed by atoms with Gasteiger partial charge in [0.05, 0.1) is 0 Å². The molecule has 12 heteroatoms. The summed E-state index contributed by atoms with van der Waals surface area (Å²) in [4.78, 5) is 43.5. The van der Waals surface area contributed by atoms with E-state index in [1.807, 2.05) is 12.2 Å². The number of alkyl halides is 4. The number of carbonyl (C=O) groups excluding carboxylic acids is 3. The van der Waals surface area contributed by atoms with Gasteiger partial charge in [-0.3, -0.25) is 0 Å². The van der Waals surface area contributed by atoms with Crippen molar-refractivity contribution in [3.63, 3.8) is 0 Å². The molecule has 0 aromatic heterocycles. The van der Waals surface area contributed by atoms with Gasteiger partial charge in [-0.1, -0.05) is 0 Å². The first kappa shape index (κ1) is 34.9. The predicted molar refractivity (Wildman–Crippen MR) is 184 cm³/mol. The first-order valence-electron chi connectivity index (χ1n) is 13.9. The molecule has 3 aliphatic rings. The number of halogens is 2. The monoisotopic (exact) mass is 815 g/mol. The van der Waals surface area contributed by atoms with Crippen molar-refractivity contribution in [1.82, 2.24) is 9.80 Å². The topological polar surface area (TPSA) is 165 Å². The van der Waals surface area contributed by atoms with Crippen LogP contribution in [0.2, 0.25) is 0 Å². The van der Waals surface area contributed by atoms with Crippen LogP contribution in [0.25, 0.3) is 0 Å². The van der Waals surface area contributed by atoms with Gasteiger partial charge in [-0.2, -0.15) is 0 Å². The number of likely N-dealkylation sites (N-methyl/N-ethyl adjacent to an activating group) is 1. The van der Waals surface area contributed by atoms with E-state index in [-0.39, 0.29) is 9.20 Å². The fraction of sp³-hybridized carbons (Fsp3) is 0.567. The second kappa shape index (κ2) is 12.4. The van der Waals surface area contributed by atoms with Crippen LogP contribution in [0.3, 0.4) is 0 Å². The SMILES string of the molecule is C=C(/C=C\C1=C(C)C(=O)I([C@H](O)I2(O)(C(=C)O)C(=O)C(C(N)=O)=C(O)[C@H]2N(C)C)[C@H]1C)C(C)(C)CCCN1CCCC1. The van der Waals surface area contributed by atoms with Crippen LogP contribution >= 0.6 is 37.3 Å². The molecule has 10 nitrogen and oxygen atoms in total. The summed E-state index contributed by atoms with van der Waals surface area (Å²) in [6, 6.07) is 0.